The van der Waals surface area contributed by atoms with Gasteiger partial charge in [0.15, 0.2) is 0 Å². The molecule has 15 saturated carbocycles. The summed E-state index contributed by atoms with van der Waals surface area (Å²) in [5.41, 5.74) is 10.3. The molecule has 39 atom stereocenters. The lowest BCUT2D eigenvalue weighted by Gasteiger charge is -2.59. The smallest absolute Gasteiger partial charge is 0.305 e. The first-order valence-electron chi connectivity index (χ1n) is 62.5. The number of hydrogen-bond donors (Lipinski definition) is 5. The maximum atomic E-state index is 12.0. The monoisotopic (exact) mass is 2040 g/mol. The van der Waals surface area contributed by atoms with E-state index in [1.54, 1.807) is 22.3 Å². The zero-order valence-electron chi connectivity index (χ0n) is 97.4. The van der Waals surface area contributed by atoms with E-state index in [1.807, 2.05) is 0 Å². The third-order valence-corrected chi connectivity index (χ3v) is 52.0. The first-order valence-corrected chi connectivity index (χ1v) is 62.5. The Kier molecular flexibility index (Phi) is 36.5. The number of rotatable bonds is 23. The molecule has 0 spiro atoms. The van der Waals surface area contributed by atoms with Crippen molar-refractivity contribution in [2.75, 3.05) is 41.2 Å². The number of ketones is 1. The summed E-state index contributed by atoms with van der Waals surface area (Å²) in [6.45, 7) is 46.3. The number of ether oxygens (including phenoxy) is 4. The van der Waals surface area contributed by atoms with Gasteiger partial charge in [0.05, 0.1) is 44.2 Å². The van der Waals surface area contributed by atoms with Crippen LogP contribution in [-0.2, 0) is 42.9 Å². The fraction of sp³-hybridized carbons (Fsp3) is 0.887. The number of esters is 3. The van der Waals surface area contributed by atoms with Gasteiger partial charge in [-0.3, -0.25) is 19.2 Å². The highest BCUT2D eigenvalue weighted by Gasteiger charge is 2.67. The lowest BCUT2D eigenvalue weighted by molar-refractivity contribution is -0.142. The minimum atomic E-state index is -0.463. The van der Waals surface area contributed by atoms with Gasteiger partial charge >= 0.3 is 17.9 Å². The van der Waals surface area contributed by atoms with Crippen molar-refractivity contribution in [2.45, 2.75) is 501 Å². The van der Waals surface area contributed by atoms with Crippen molar-refractivity contribution >= 4 is 30.0 Å². The average molecular weight is 2040 g/mol. The summed E-state index contributed by atoms with van der Waals surface area (Å²) in [6, 6.07) is 0. The number of carbonyl (C=O) groups excluding carboxylic acids is 5. The lowest BCUT2D eigenvalue weighted by Crippen LogP contribution is -2.52. The molecular weight excluding hydrogens is 1820 g/mol. The van der Waals surface area contributed by atoms with Crippen molar-refractivity contribution in [3.05, 3.63) is 58.2 Å². The molecule has 0 aromatic rings. The highest BCUT2D eigenvalue weighted by atomic mass is 16.5. The van der Waals surface area contributed by atoms with E-state index in [4.69, 9.17) is 18.9 Å². The third kappa shape index (κ3) is 22.2. The largest absolute Gasteiger partial charge is 0.469 e. The van der Waals surface area contributed by atoms with Crippen LogP contribution in [0.5, 0.6) is 0 Å². The Labute approximate surface area is 895 Å². The van der Waals surface area contributed by atoms with Crippen molar-refractivity contribution in [3.63, 3.8) is 0 Å². The number of methoxy groups -OCH3 is 3. The zero-order chi connectivity index (χ0) is 106. The third-order valence-electron chi connectivity index (χ3n) is 52.0. The van der Waals surface area contributed by atoms with Gasteiger partial charge in [-0.1, -0.05) is 183 Å². The van der Waals surface area contributed by atoms with Crippen LogP contribution in [0.2, 0.25) is 0 Å². The van der Waals surface area contributed by atoms with E-state index in [1.165, 1.54) is 226 Å². The molecule has 14 heteroatoms. The number of hydrogen-bond acceptors (Lipinski definition) is 14. The summed E-state index contributed by atoms with van der Waals surface area (Å²) in [7, 11) is 4.49. The molecule has 0 aromatic carbocycles. The molecule has 16 fully saturated rings. The number of Topliss-reactive ketones (excluding diaryl/α,β-unsaturated/α-hetero) is 1. The maximum Gasteiger partial charge on any atom is 0.305 e. The highest BCUT2D eigenvalue weighted by molar-refractivity contribution is 5.82. The Morgan fingerprint density at radius 2 is 0.653 bits per heavy atom. The Balaban J connectivity index is 0.000000130. The average Bonchev–Trinajstić information content (AvgIpc) is 0.959. The Bertz CT molecular complexity index is 4660. The summed E-state index contributed by atoms with van der Waals surface area (Å²) in [5.74, 6) is 19.6. The lowest BCUT2D eigenvalue weighted by atomic mass is 9.46. The molecule has 20 aliphatic carbocycles. The highest BCUT2D eigenvalue weighted by Crippen LogP contribution is 2.75. The maximum absolute atomic E-state index is 12.0. The van der Waals surface area contributed by atoms with E-state index in [9.17, 15) is 49.5 Å². The molecule has 0 amide bonds. The molecular formula is C133H216O14. The zero-order valence-corrected chi connectivity index (χ0v) is 97.4. The Hall–Kier alpha value is -3.79. The van der Waals surface area contributed by atoms with Gasteiger partial charge in [0.2, 0.25) is 0 Å². The second kappa shape index (κ2) is 46.4. The van der Waals surface area contributed by atoms with E-state index < -0.39 is 16.8 Å². The van der Waals surface area contributed by atoms with Gasteiger partial charge < -0.3 is 49.3 Å². The second-order valence-electron chi connectivity index (χ2n) is 58.0. The molecule has 832 valence electrons. The van der Waals surface area contributed by atoms with E-state index in [-0.39, 0.29) is 29.4 Å². The minimum Gasteiger partial charge on any atom is -0.469 e. The first kappa shape index (κ1) is 116. The van der Waals surface area contributed by atoms with Crippen molar-refractivity contribution in [1.29, 1.82) is 0 Å². The molecule has 147 heavy (non-hydrogen) atoms. The predicted octanol–water partition coefficient (Wildman–Crippen LogP) is 30.8. The molecule has 1 heterocycles. The molecule has 21 rings (SSSR count). The SMILES string of the molecule is C1CCOC1.CC[C@]1(O)CC[C@@]2(C)C(=CC[C@H]3[C@@H]4CC[C@H]([C@H](C)CCC(=O)OC)[C@@]4(C)CC[C@@H]32)C1.CC[C@]1(O)CC[C@@]2(C)C(=CC[C@H]3[C@@H]4CC[C@H]([C@H](C)CCC=O)[C@@]4(C)CC[C@@H]32)C1.CC[C@]1(O)CC[C@@]2(C)C(=CC[C@H]3[C@@H]4CC[C@H]([C@H](C)CCCO)[C@@]4(C)CC[C@@H]32)C1.COC(=O)CC[C@@H](C)[C@H]1CC[C@H]2[C@@H]3CC=C4CC(=O)CC[C@]4(C)[C@H]3CC[C@]12C.COC(=O)CC[C@@H](C)[C@H]1CC[C@H]2[C@@H]3CC=C4C[C@@H](O)CC[C@]4(C)[C@H]3CC[C@]12C. The minimum absolute atomic E-state index is 0.0624. The van der Waals surface area contributed by atoms with Gasteiger partial charge in [-0.15, -0.1) is 0 Å². The van der Waals surface area contributed by atoms with E-state index >= 15 is 0 Å². The molecule has 14 nitrogen and oxygen atoms in total. The van der Waals surface area contributed by atoms with Crippen LogP contribution in [-0.4, -0.2) is 120 Å². The van der Waals surface area contributed by atoms with E-state index in [2.05, 4.69) is 155 Å². The molecule has 0 unspecified atom stereocenters. The predicted molar refractivity (Wildman–Crippen MR) is 594 cm³/mol. The number of carbonyl (C=O) groups is 5. The van der Waals surface area contributed by atoms with Crippen molar-refractivity contribution in [2.24, 2.45) is 202 Å². The van der Waals surface area contributed by atoms with Crippen LogP contribution in [0.3, 0.4) is 0 Å². The van der Waals surface area contributed by atoms with Crippen molar-refractivity contribution in [1.82, 2.24) is 0 Å². The van der Waals surface area contributed by atoms with Crippen LogP contribution in [0.25, 0.3) is 0 Å². The number of fused-ring (bicyclic) bond motifs is 25. The van der Waals surface area contributed by atoms with Crippen LogP contribution >= 0.6 is 0 Å². The molecule has 1 aliphatic heterocycles. The quantitative estimate of drug-likeness (QED) is 0.0278. The summed E-state index contributed by atoms with van der Waals surface area (Å²) in [6.07, 6.45) is 75.6. The summed E-state index contributed by atoms with van der Waals surface area (Å²) in [4.78, 5) is 57.8. The van der Waals surface area contributed by atoms with Gasteiger partial charge in [-0.25, -0.2) is 0 Å². The molecule has 0 radical (unpaired) electrons. The standard InChI is InChI=1S/C27H44O3.C26H44O2.C26H42O2.C25H40O3.C25H38O3.C4H8O/c1-6-27(29)16-15-25(3)19(17-27)8-9-20-22-11-10-21(18(2)7-12-24(28)30-5)26(22,4)14-13-23(20)25;2*1-5-26(28)15-14-24(3)19(17-26)8-9-20-22-11-10-21(18(2)7-6-16-27)25(22,4)13-12-23(20)24;2*1-16(5-10-23(27)28-4)20-8-9-21-19-7-6-17-15-18(26)11-13-24(17,2)22(19)12-14-25(20,21)3;1-2-4-5-3-1/h8,18,20-23,29H,6-7,9-17H2,1-5H3;8,18,20-23,27-28H,5-7,9-17H2,1-4H3;8,16,18,20-23,28H,5-7,9-15,17H2,1-4H3;6,16,18-22,26H,5,7-15H2,1-4H3;6,16,19-22H,5,7-15H2,1-4H3;1-4H2/t18-,20+,21-,22+,23+,25+,26-,27+;2*18-,20+,21-,22+,23+,24+,25-,26+;16-,18+,19+,20-,21+,22+,24+,25-;16-,19+,20-,21+,22+,24+,25-;/m11111./s1. The Morgan fingerprint density at radius 3 is 0.939 bits per heavy atom. The summed E-state index contributed by atoms with van der Waals surface area (Å²) < 4.78 is 19.6. The number of aldehydes is 1. The first-order chi connectivity index (χ1) is 69.8. The molecule has 5 N–H and O–H groups in total. The van der Waals surface area contributed by atoms with Gasteiger partial charge in [0.1, 0.15) is 12.1 Å². The number of aliphatic hydroxyl groups excluding tert-OH is 2. The topological polar surface area (TPSA) is 223 Å². The normalized spacial score (nSPS) is 45.9. The van der Waals surface area contributed by atoms with Crippen molar-refractivity contribution in [3.8, 4) is 0 Å². The van der Waals surface area contributed by atoms with Crippen LogP contribution in [0.1, 0.15) is 478 Å². The number of aliphatic hydroxyl groups is 5. The summed E-state index contributed by atoms with van der Waals surface area (Å²) >= 11 is 0. The van der Waals surface area contributed by atoms with E-state index in [0.717, 1.165) is 279 Å². The van der Waals surface area contributed by atoms with Crippen molar-refractivity contribution < 1.29 is 68.5 Å². The van der Waals surface area contributed by atoms with Gasteiger partial charge in [0, 0.05) is 58.3 Å². The van der Waals surface area contributed by atoms with Gasteiger partial charge in [0.25, 0.3) is 0 Å². The molecule has 1 saturated heterocycles. The van der Waals surface area contributed by atoms with Crippen LogP contribution in [0.4, 0.5) is 0 Å². The van der Waals surface area contributed by atoms with Crippen LogP contribution in [0.15, 0.2) is 58.2 Å². The molecule has 0 bridgehead atoms. The van der Waals surface area contributed by atoms with E-state index in [0.29, 0.717) is 104 Å². The summed E-state index contributed by atoms with van der Waals surface area (Å²) in [5, 5.41) is 52.3. The van der Waals surface area contributed by atoms with Crippen LogP contribution in [0, 0.1) is 202 Å². The van der Waals surface area contributed by atoms with Gasteiger partial charge in [-0.2, -0.15) is 0 Å². The fourth-order valence-corrected chi connectivity index (χ4v) is 42.6. The fourth-order valence-electron chi connectivity index (χ4n) is 42.6. The van der Waals surface area contributed by atoms with Gasteiger partial charge in [-0.05, 0) is 517 Å². The Morgan fingerprint density at radius 1 is 0.367 bits per heavy atom. The molecule has 0 aromatic heterocycles. The number of allylic oxidation sites excluding steroid dienone is 6. The second-order valence-corrected chi connectivity index (χ2v) is 58.0. The van der Waals surface area contributed by atoms with Crippen LogP contribution < -0.4 is 0 Å². The molecule has 21 aliphatic rings.